The maximum absolute atomic E-state index is 11.9. The first kappa shape index (κ1) is 18.4. The number of nitrogens with one attached hydrogen (secondary N) is 1. The zero-order chi connectivity index (χ0) is 16.8. The number of methoxy groups -OCH3 is 1. The van der Waals surface area contributed by atoms with Gasteiger partial charge in [0.05, 0.1) is 18.7 Å². The second-order valence-electron chi connectivity index (χ2n) is 5.53. The van der Waals surface area contributed by atoms with Gasteiger partial charge in [-0.15, -0.1) is 0 Å². The molecule has 122 valence electrons. The summed E-state index contributed by atoms with van der Waals surface area (Å²) >= 11 is 6.20. The number of carbonyl (C=O) groups excluding carboxylic acids is 1. The second kappa shape index (κ2) is 8.08. The van der Waals surface area contributed by atoms with Crippen LogP contribution in [0.2, 0.25) is 5.02 Å². The zero-order valence-electron chi connectivity index (χ0n) is 13.8. The summed E-state index contributed by atoms with van der Waals surface area (Å²) in [6.45, 7) is 8.37. The van der Waals surface area contributed by atoms with E-state index in [1.165, 1.54) is 6.08 Å². The van der Waals surface area contributed by atoms with E-state index in [1.807, 2.05) is 27.7 Å². The molecule has 1 aromatic rings. The van der Waals surface area contributed by atoms with Crippen molar-refractivity contribution in [2.45, 2.75) is 39.7 Å². The SMILES string of the molecule is CCOc1c(Cl)cc(/C=C/C(=O)NC(C)(C)CC)cc1OC. The standard InChI is InChI=1S/C17H24ClNO3/c1-6-17(3,4)19-15(20)9-8-12-10-13(18)16(22-7-2)14(11-12)21-5/h8-11H,6-7H2,1-5H3,(H,19,20)/b9-8+. The number of rotatable bonds is 7. The van der Waals surface area contributed by atoms with Crippen LogP contribution in [0.25, 0.3) is 6.08 Å². The lowest BCUT2D eigenvalue weighted by atomic mass is 10.0. The summed E-state index contributed by atoms with van der Waals surface area (Å²) in [7, 11) is 1.55. The summed E-state index contributed by atoms with van der Waals surface area (Å²) in [5.41, 5.74) is 0.546. The highest BCUT2D eigenvalue weighted by Gasteiger charge is 2.16. The van der Waals surface area contributed by atoms with Gasteiger partial charge >= 0.3 is 0 Å². The Kier molecular flexibility index (Phi) is 6.75. The lowest BCUT2D eigenvalue weighted by Gasteiger charge is -2.23. The molecule has 22 heavy (non-hydrogen) atoms. The fourth-order valence-corrected chi connectivity index (χ4v) is 2.03. The summed E-state index contributed by atoms with van der Waals surface area (Å²) in [4.78, 5) is 11.9. The van der Waals surface area contributed by atoms with E-state index in [-0.39, 0.29) is 11.4 Å². The first-order valence-electron chi connectivity index (χ1n) is 7.33. The van der Waals surface area contributed by atoms with Gasteiger partial charge in [0, 0.05) is 11.6 Å². The van der Waals surface area contributed by atoms with Crippen LogP contribution in [0.15, 0.2) is 18.2 Å². The number of halogens is 1. The summed E-state index contributed by atoms with van der Waals surface area (Å²) in [6.07, 6.45) is 4.04. The molecule has 0 fully saturated rings. The molecule has 0 unspecified atom stereocenters. The Hall–Kier alpha value is -1.68. The summed E-state index contributed by atoms with van der Waals surface area (Å²) in [5, 5.41) is 3.39. The van der Waals surface area contributed by atoms with Gasteiger partial charge in [0.15, 0.2) is 11.5 Å². The lowest BCUT2D eigenvalue weighted by Crippen LogP contribution is -2.41. The Balaban J connectivity index is 2.92. The molecule has 4 nitrogen and oxygen atoms in total. The van der Waals surface area contributed by atoms with E-state index in [0.29, 0.717) is 23.1 Å². The molecule has 0 spiro atoms. The van der Waals surface area contributed by atoms with E-state index in [1.54, 1.807) is 25.3 Å². The van der Waals surface area contributed by atoms with E-state index < -0.39 is 0 Å². The molecule has 0 aliphatic rings. The molecule has 0 saturated carbocycles. The Labute approximate surface area is 137 Å². The average Bonchev–Trinajstić information content (AvgIpc) is 2.47. The first-order chi connectivity index (χ1) is 10.3. The Morgan fingerprint density at radius 3 is 2.59 bits per heavy atom. The van der Waals surface area contributed by atoms with Gasteiger partial charge in [0.1, 0.15) is 0 Å². The van der Waals surface area contributed by atoms with E-state index in [4.69, 9.17) is 21.1 Å². The fraction of sp³-hybridized carbons (Fsp3) is 0.471. The highest BCUT2D eigenvalue weighted by Crippen LogP contribution is 2.36. The number of hydrogen-bond donors (Lipinski definition) is 1. The van der Waals surface area contributed by atoms with Crippen LogP contribution in [-0.4, -0.2) is 25.2 Å². The zero-order valence-corrected chi connectivity index (χ0v) is 14.6. The monoisotopic (exact) mass is 325 g/mol. The summed E-state index contributed by atoms with van der Waals surface area (Å²) in [5.74, 6) is 0.916. The van der Waals surface area contributed by atoms with Crippen molar-refractivity contribution in [1.82, 2.24) is 5.32 Å². The molecule has 1 aromatic carbocycles. The predicted octanol–water partition coefficient (Wildman–Crippen LogP) is 4.07. The predicted molar refractivity (Wildman–Crippen MR) is 90.7 cm³/mol. The largest absolute Gasteiger partial charge is 0.493 e. The van der Waals surface area contributed by atoms with Gasteiger partial charge in [-0.3, -0.25) is 4.79 Å². The van der Waals surface area contributed by atoms with Crippen LogP contribution >= 0.6 is 11.6 Å². The summed E-state index contributed by atoms with van der Waals surface area (Å²) < 4.78 is 10.7. The molecule has 0 aliphatic heterocycles. The van der Waals surface area contributed by atoms with Crippen molar-refractivity contribution < 1.29 is 14.3 Å². The fourth-order valence-electron chi connectivity index (χ4n) is 1.76. The quantitative estimate of drug-likeness (QED) is 0.769. The molecule has 0 atom stereocenters. The van der Waals surface area contributed by atoms with Crippen molar-refractivity contribution in [3.05, 3.63) is 28.8 Å². The molecule has 0 bridgehead atoms. The molecule has 1 N–H and O–H groups in total. The Morgan fingerprint density at radius 1 is 1.36 bits per heavy atom. The van der Waals surface area contributed by atoms with Gasteiger partial charge in [0.25, 0.3) is 0 Å². The number of amides is 1. The third kappa shape index (κ3) is 5.26. The van der Waals surface area contributed by atoms with Gasteiger partial charge in [-0.25, -0.2) is 0 Å². The lowest BCUT2D eigenvalue weighted by molar-refractivity contribution is -0.117. The number of carbonyl (C=O) groups is 1. The molecule has 0 saturated heterocycles. The molecule has 0 heterocycles. The number of benzene rings is 1. The van der Waals surface area contributed by atoms with Crippen LogP contribution in [-0.2, 0) is 4.79 Å². The topological polar surface area (TPSA) is 47.6 Å². The molecule has 5 heteroatoms. The van der Waals surface area contributed by atoms with Crippen LogP contribution in [0, 0.1) is 0 Å². The van der Waals surface area contributed by atoms with E-state index in [9.17, 15) is 4.79 Å². The van der Waals surface area contributed by atoms with Gasteiger partial charge in [-0.2, -0.15) is 0 Å². The van der Waals surface area contributed by atoms with Crippen molar-refractivity contribution >= 4 is 23.6 Å². The first-order valence-corrected chi connectivity index (χ1v) is 7.71. The molecule has 0 radical (unpaired) electrons. The Morgan fingerprint density at radius 2 is 2.05 bits per heavy atom. The van der Waals surface area contributed by atoms with E-state index >= 15 is 0 Å². The third-order valence-electron chi connectivity index (χ3n) is 3.31. The maximum Gasteiger partial charge on any atom is 0.244 e. The Bertz CT molecular complexity index is 553. The van der Waals surface area contributed by atoms with Crippen LogP contribution in [0.5, 0.6) is 11.5 Å². The van der Waals surface area contributed by atoms with Gasteiger partial charge in [-0.1, -0.05) is 18.5 Å². The maximum atomic E-state index is 11.9. The van der Waals surface area contributed by atoms with E-state index in [2.05, 4.69) is 5.32 Å². The van der Waals surface area contributed by atoms with Crippen molar-refractivity contribution in [3.63, 3.8) is 0 Å². The molecule has 1 rings (SSSR count). The van der Waals surface area contributed by atoms with Crippen LogP contribution in [0.4, 0.5) is 0 Å². The highest BCUT2D eigenvalue weighted by atomic mass is 35.5. The smallest absolute Gasteiger partial charge is 0.244 e. The molecule has 1 amide bonds. The molecule has 0 aromatic heterocycles. The van der Waals surface area contributed by atoms with Gasteiger partial charge < -0.3 is 14.8 Å². The minimum absolute atomic E-state index is 0.143. The third-order valence-corrected chi connectivity index (χ3v) is 3.59. The van der Waals surface area contributed by atoms with Crippen LogP contribution in [0.1, 0.15) is 39.7 Å². The molecule has 0 aliphatic carbocycles. The van der Waals surface area contributed by atoms with E-state index in [0.717, 1.165) is 12.0 Å². The molecular formula is C17H24ClNO3. The van der Waals surface area contributed by atoms with Crippen molar-refractivity contribution in [2.75, 3.05) is 13.7 Å². The number of ether oxygens (including phenoxy) is 2. The van der Waals surface area contributed by atoms with Crippen molar-refractivity contribution in [2.24, 2.45) is 0 Å². The molecular weight excluding hydrogens is 302 g/mol. The van der Waals surface area contributed by atoms with Crippen LogP contribution in [0.3, 0.4) is 0 Å². The summed E-state index contributed by atoms with van der Waals surface area (Å²) in [6, 6.07) is 3.52. The van der Waals surface area contributed by atoms with Crippen LogP contribution < -0.4 is 14.8 Å². The minimum atomic E-state index is -0.227. The highest BCUT2D eigenvalue weighted by molar-refractivity contribution is 6.32. The normalized spacial score (nSPS) is 11.5. The van der Waals surface area contributed by atoms with Gasteiger partial charge in [-0.05, 0) is 51.0 Å². The second-order valence-corrected chi connectivity index (χ2v) is 5.93. The van der Waals surface area contributed by atoms with Crippen molar-refractivity contribution in [1.29, 1.82) is 0 Å². The van der Waals surface area contributed by atoms with Gasteiger partial charge in [0.2, 0.25) is 5.91 Å². The average molecular weight is 326 g/mol. The minimum Gasteiger partial charge on any atom is -0.493 e. The number of hydrogen-bond acceptors (Lipinski definition) is 3. The van der Waals surface area contributed by atoms with Crippen molar-refractivity contribution in [3.8, 4) is 11.5 Å².